The maximum absolute atomic E-state index is 13.8. The molecule has 1 aliphatic heterocycles. The molecule has 2 N–H and O–H groups in total. The van der Waals surface area contributed by atoms with Gasteiger partial charge in [-0.2, -0.15) is 0 Å². The van der Waals surface area contributed by atoms with Crippen molar-refractivity contribution in [1.82, 2.24) is 15.2 Å². The fraction of sp³-hybridized carbons (Fsp3) is 0.318. The highest BCUT2D eigenvalue weighted by Gasteiger charge is 2.23. The molecule has 2 heterocycles. The van der Waals surface area contributed by atoms with Crippen LogP contribution in [-0.2, 0) is 16.0 Å². The van der Waals surface area contributed by atoms with E-state index in [1.54, 1.807) is 18.3 Å². The third-order valence-corrected chi connectivity index (χ3v) is 5.29. The predicted molar refractivity (Wildman–Crippen MR) is 107 cm³/mol. The first-order valence-corrected chi connectivity index (χ1v) is 9.69. The molecular formula is C22H23F2N3O2. The van der Waals surface area contributed by atoms with Gasteiger partial charge in [0, 0.05) is 36.7 Å². The van der Waals surface area contributed by atoms with Crippen LogP contribution in [0.1, 0.15) is 17.2 Å². The van der Waals surface area contributed by atoms with Crippen molar-refractivity contribution in [3.05, 3.63) is 71.4 Å². The van der Waals surface area contributed by atoms with Crippen molar-refractivity contribution in [1.29, 1.82) is 0 Å². The molecule has 1 amide bonds. The Kier molecular flexibility index (Phi) is 5.87. The van der Waals surface area contributed by atoms with E-state index >= 15 is 0 Å². The Balaban J connectivity index is 1.46. The number of H-pyrrole nitrogens is 1. The summed E-state index contributed by atoms with van der Waals surface area (Å²) in [6.07, 6.45) is 1.87. The van der Waals surface area contributed by atoms with E-state index in [1.165, 1.54) is 24.3 Å². The predicted octanol–water partition coefficient (Wildman–Crippen LogP) is 3.18. The number of rotatable bonds is 6. The van der Waals surface area contributed by atoms with Gasteiger partial charge in [0.2, 0.25) is 5.91 Å². The lowest BCUT2D eigenvalue weighted by atomic mass is 10.0. The lowest BCUT2D eigenvalue weighted by Crippen LogP contribution is -2.44. The van der Waals surface area contributed by atoms with E-state index in [-0.39, 0.29) is 30.0 Å². The summed E-state index contributed by atoms with van der Waals surface area (Å²) in [4.78, 5) is 17.8. The van der Waals surface area contributed by atoms with E-state index in [2.05, 4.69) is 15.2 Å². The van der Waals surface area contributed by atoms with Crippen LogP contribution in [-0.4, -0.2) is 48.6 Å². The van der Waals surface area contributed by atoms with Crippen LogP contribution in [0.2, 0.25) is 0 Å². The molecule has 2 aromatic carbocycles. The average molecular weight is 399 g/mol. The summed E-state index contributed by atoms with van der Waals surface area (Å²) < 4.78 is 32.7. The van der Waals surface area contributed by atoms with E-state index < -0.39 is 0 Å². The number of benzene rings is 2. The van der Waals surface area contributed by atoms with Gasteiger partial charge in [-0.1, -0.05) is 12.1 Å². The second kappa shape index (κ2) is 8.71. The number of morpholine rings is 1. The van der Waals surface area contributed by atoms with Gasteiger partial charge >= 0.3 is 0 Å². The van der Waals surface area contributed by atoms with Crippen molar-refractivity contribution in [3.63, 3.8) is 0 Å². The molecule has 1 unspecified atom stereocenters. The fourth-order valence-electron chi connectivity index (χ4n) is 3.80. The Labute approximate surface area is 167 Å². The quantitative estimate of drug-likeness (QED) is 0.669. The van der Waals surface area contributed by atoms with Gasteiger partial charge in [-0.15, -0.1) is 0 Å². The Morgan fingerprint density at radius 1 is 1.14 bits per heavy atom. The van der Waals surface area contributed by atoms with Crippen molar-refractivity contribution < 1.29 is 18.3 Å². The lowest BCUT2D eigenvalue weighted by molar-refractivity contribution is -0.120. The minimum Gasteiger partial charge on any atom is -0.379 e. The lowest BCUT2D eigenvalue weighted by Gasteiger charge is -2.35. The minimum absolute atomic E-state index is 0.140. The number of carbonyl (C=O) groups excluding carboxylic acids is 1. The number of nitrogens with one attached hydrogen (secondary N) is 2. The Hall–Kier alpha value is -2.77. The number of nitrogens with zero attached hydrogens (tertiary/aromatic N) is 1. The molecule has 5 nitrogen and oxygen atoms in total. The van der Waals surface area contributed by atoms with Gasteiger partial charge in [-0.25, -0.2) is 8.78 Å². The van der Waals surface area contributed by atoms with Crippen LogP contribution in [0.25, 0.3) is 10.9 Å². The Bertz CT molecular complexity index is 999. The smallest absolute Gasteiger partial charge is 0.224 e. The highest BCUT2D eigenvalue weighted by atomic mass is 19.1. The van der Waals surface area contributed by atoms with E-state index in [9.17, 15) is 13.6 Å². The molecule has 0 radical (unpaired) electrons. The van der Waals surface area contributed by atoms with Crippen molar-refractivity contribution in [3.8, 4) is 0 Å². The topological polar surface area (TPSA) is 57.4 Å². The largest absolute Gasteiger partial charge is 0.379 e. The number of halogens is 2. The summed E-state index contributed by atoms with van der Waals surface area (Å²) in [6.45, 7) is 3.03. The first-order chi connectivity index (χ1) is 14.1. The number of fused-ring (bicyclic) bond motifs is 1. The number of carbonyl (C=O) groups is 1. The van der Waals surface area contributed by atoms with Crippen LogP contribution >= 0.6 is 0 Å². The second-order valence-corrected chi connectivity index (χ2v) is 7.20. The number of aromatic nitrogens is 1. The van der Waals surface area contributed by atoms with E-state index in [0.717, 1.165) is 29.7 Å². The highest BCUT2D eigenvalue weighted by Crippen LogP contribution is 2.23. The van der Waals surface area contributed by atoms with Gasteiger partial charge in [-0.3, -0.25) is 9.69 Å². The van der Waals surface area contributed by atoms with Gasteiger partial charge in [0.25, 0.3) is 0 Å². The maximum atomic E-state index is 13.8. The van der Waals surface area contributed by atoms with E-state index in [4.69, 9.17) is 4.74 Å². The zero-order valence-electron chi connectivity index (χ0n) is 16.0. The first kappa shape index (κ1) is 19.5. The molecule has 3 aromatic rings. The molecule has 1 atom stereocenters. The van der Waals surface area contributed by atoms with Crippen LogP contribution in [0.4, 0.5) is 8.78 Å². The first-order valence-electron chi connectivity index (χ1n) is 9.69. The molecule has 7 heteroatoms. The highest BCUT2D eigenvalue weighted by molar-refractivity contribution is 5.88. The molecule has 1 saturated heterocycles. The van der Waals surface area contributed by atoms with Gasteiger partial charge in [-0.05, 0) is 41.5 Å². The number of hydrogen-bond acceptors (Lipinski definition) is 3. The van der Waals surface area contributed by atoms with Gasteiger partial charge in [0.1, 0.15) is 11.6 Å². The van der Waals surface area contributed by atoms with E-state index in [1.807, 2.05) is 6.07 Å². The summed E-state index contributed by atoms with van der Waals surface area (Å²) >= 11 is 0. The van der Waals surface area contributed by atoms with Crippen molar-refractivity contribution >= 4 is 16.8 Å². The van der Waals surface area contributed by atoms with Gasteiger partial charge in [0.05, 0.1) is 25.7 Å². The number of ether oxygens (including phenoxy) is 1. The molecule has 152 valence electrons. The van der Waals surface area contributed by atoms with Crippen molar-refractivity contribution in [2.24, 2.45) is 0 Å². The normalized spacial score (nSPS) is 16.1. The zero-order chi connectivity index (χ0) is 20.2. The van der Waals surface area contributed by atoms with E-state index in [0.29, 0.717) is 25.1 Å². The monoisotopic (exact) mass is 399 g/mol. The summed E-state index contributed by atoms with van der Waals surface area (Å²) in [7, 11) is 0. The molecule has 0 saturated carbocycles. The molecule has 29 heavy (non-hydrogen) atoms. The van der Waals surface area contributed by atoms with Crippen LogP contribution in [0.15, 0.2) is 48.7 Å². The summed E-state index contributed by atoms with van der Waals surface area (Å²) in [5.41, 5.74) is 2.35. The fourth-order valence-corrected chi connectivity index (χ4v) is 3.80. The average Bonchev–Trinajstić information content (AvgIpc) is 3.11. The number of amides is 1. The summed E-state index contributed by atoms with van der Waals surface area (Å²) in [6, 6.07) is 10.8. The van der Waals surface area contributed by atoms with Crippen LogP contribution < -0.4 is 5.32 Å². The zero-order valence-corrected chi connectivity index (χ0v) is 16.0. The summed E-state index contributed by atoms with van der Waals surface area (Å²) in [5, 5.41) is 3.67. The van der Waals surface area contributed by atoms with Crippen molar-refractivity contribution in [2.75, 3.05) is 32.8 Å². The molecule has 1 aliphatic rings. The molecule has 0 aliphatic carbocycles. The van der Waals surface area contributed by atoms with Crippen LogP contribution in [0, 0.1) is 11.6 Å². The summed E-state index contributed by atoms with van der Waals surface area (Å²) in [5.74, 6) is -0.796. The van der Waals surface area contributed by atoms with Crippen molar-refractivity contribution in [2.45, 2.75) is 12.5 Å². The van der Waals surface area contributed by atoms with Crippen LogP contribution in [0.5, 0.6) is 0 Å². The van der Waals surface area contributed by atoms with Gasteiger partial charge < -0.3 is 15.0 Å². The third kappa shape index (κ3) is 4.63. The molecule has 1 fully saturated rings. The van der Waals surface area contributed by atoms with Crippen LogP contribution in [0.3, 0.4) is 0 Å². The maximum Gasteiger partial charge on any atom is 0.224 e. The third-order valence-electron chi connectivity index (χ3n) is 5.29. The molecule has 1 aromatic heterocycles. The standard InChI is InChI=1S/C22H23F2N3O2/c23-17-3-1-2-15(10-17)21(27-6-8-29-9-7-27)14-26-22(28)11-16-13-25-20-5-4-18(24)12-19(16)20/h1-5,10,12-13,21,25H,6-9,11,14H2,(H,26,28). The minimum atomic E-state index is -0.336. The Morgan fingerprint density at radius 3 is 2.72 bits per heavy atom. The molecule has 4 rings (SSSR count). The number of aromatic amines is 1. The molecule has 0 bridgehead atoms. The number of hydrogen-bond donors (Lipinski definition) is 2. The second-order valence-electron chi connectivity index (χ2n) is 7.20. The SMILES string of the molecule is O=C(Cc1c[nH]c2ccc(F)cc12)NCC(c1cccc(F)c1)N1CCOCC1. The molecular weight excluding hydrogens is 376 g/mol. The Morgan fingerprint density at radius 2 is 1.93 bits per heavy atom. The van der Waals surface area contributed by atoms with Gasteiger partial charge in [0.15, 0.2) is 0 Å². The molecule has 0 spiro atoms.